The van der Waals surface area contributed by atoms with Crippen molar-refractivity contribution in [2.75, 3.05) is 11.9 Å². The first-order valence-corrected chi connectivity index (χ1v) is 8.65. The lowest BCUT2D eigenvalue weighted by Gasteiger charge is -2.19. The van der Waals surface area contributed by atoms with E-state index in [9.17, 15) is 13.9 Å². The highest BCUT2D eigenvalue weighted by Gasteiger charge is 2.23. The molecule has 1 fully saturated rings. The molecule has 1 heterocycles. The zero-order chi connectivity index (χ0) is 18.7. The summed E-state index contributed by atoms with van der Waals surface area (Å²) in [7, 11) is 0. The molecule has 26 heavy (non-hydrogen) atoms. The largest absolute Gasteiger partial charge is 0.489 e. The minimum Gasteiger partial charge on any atom is -0.489 e. The van der Waals surface area contributed by atoms with E-state index in [0.29, 0.717) is 23.8 Å². The van der Waals surface area contributed by atoms with Crippen molar-refractivity contribution in [1.82, 2.24) is 4.98 Å². The third-order valence-electron chi connectivity index (χ3n) is 3.81. The van der Waals surface area contributed by atoms with Crippen LogP contribution >= 0.6 is 23.2 Å². The normalized spacial score (nSPS) is 15.0. The number of halogens is 4. The average molecular weight is 405 g/mol. The third kappa shape index (κ3) is 4.87. The molecule has 1 aromatic heterocycles. The maximum absolute atomic E-state index is 12.6. The molecule has 1 aliphatic carbocycles. The SMILES string of the molecule is OC(Nc1c(Cl)cncc1Cl)c1ccc(OC(F)F)c(OCC2CC2)c1. The van der Waals surface area contributed by atoms with Crippen molar-refractivity contribution in [3.8, 4) is 11.5 Å². The number of hydrogen-bond donors (Lipinski definition) is 2. The average Bonchev–Trinajstić information content (AvgIpc) is 3.41. The molecule has 1 unspecified atom stereocenters. The van der Waals surface area contributed by atoms with Gasteiger partial charge in [0.15, 0.2) is 17.7 Å². The molecular formula is C17H16Cl2F2N2O3. The molecule has 2 aromatic rings. The van der Waals surface area contributed by atoms with E-state index in [2.05, 4.69) is 15.0 Å². The fourth-order valence-electron chi connectivity index (χ4n) is 2.26. The lowest BCUT2D eigenvalue weighted by molar-refractivity contribution is -0.0515. The Morgan fingerprint density at radius 3 is 2.50 bits per heavy atom. The van der Waals surface area contributed by atoms with Crippen molar-refractivity contribution >= 4 is 28.9 Å². The number of benzene rings is 1. The summed E-state index contributed by atoms with van der Waals surface area (Å²) in [6, 6.07) is 4.22. The van der Waals surface area contributed by atoms with Crippen molar-refractivity contribution in [2.45, 2.75) is 25.7 Å². The van der Waals surface area contributed by atoms with Crippen molar-refractivity contribution in [3.63, 3.8) is 0 Å². The van der Waals surface area contributed by atoms with E-state index in [1.807, 2.05) is 0 Å². The topological polar surface area (TPSA) is 63.6 Å². The number of pyridine rings is 1. The Hall–Kier alpha value is -1.83. The Morgan fingerprint density at radius 2 is 1.88 bits per heavy atom. The standard InChI is InChI=1S/C17H16Cl2F2N2O3/c18-11-6-22-7-12(19)15(11)23-16(24)10-3-4-13(26-17(20)21)14(5-10)25-8-9-1-2-9/h3-7,9,16-17,24H,1-2,8H2,(H,22,23). The number of nitrogens with zero attached hydrogens (tertiary/aromatic N) is 1. The minimum absolute atomic E-state index is 0.0865. The van der Waals surface area contributed by atoms with Gasteiger partial charge in [0.25, 0.3) is 0 Å². The third-order valence-corrected chi connectivity index (χ3v) is 4.38. The van der Waals surface area contributed by atoms with Crippen LogP contribution in [0.3, 0.4) is 0 Å². The molecule has 1 aliphatic rings. The summed E-state index contributed by atoms with van der Waals surface area (Å²) >= 11 is 12.0. The first-order valence-electron chi connectivity index (χ1n) is 7.89. The number of hydrogen-bond acceptors (Lipinski definition) is 5. The Balaban J connectivity index is 1.80. The van der Waals surface area contributed by atoms with Crippen LogP contribution in [0, 0.1) is 5.92 Å². The zero-order valence-electron chi connectivity index (χ0n) is 13.5. The van der Waals surface area contributed by atoms with Gasteiger partial charge in [-0.25, -0.2) is 0 Å². The van der Waals surface area contributed by atoms with E-state index in [1.54, 1.807) is 0 Å². The van der Waals surface area contributed by atoms with Crippen molar-refractivity contribution in [2.24, 2.45) is 5.92 Å². The molecule has 0 saturated heterocycles. The highest BCUT2D eigenvalue weighted by atomic mass is 35.5. The summed E-state index contributed by atoms with van der Waals surface area (Å²) < 4.78 is 35.2. The van der Waals surface area contributed by atoms with Gasteiger partial charge in [-0.05, 0) is 30.9 Å². The van der Waals surface area contributed by atoms with Crippen LogP contribution < -0.4 is 14.8 Å². The zero-order valence-corrected chi connectivity index (χ0v) is 15.0. The Labute approximate surface area is 158 Å². The van der Waals surface area contributed by atoms with Crippen LogP contribution in [0.5, 0.6) is 11.5 Å². The monoisotopic (exact) mass is 404 g/mol. The van der Waals surface area contributed by atoms with E-state index in [-0.39, 0.29) is 21.5 Å². The molecule has 0 spiro atoms. The summed E-state index contributed by atoms with van der Waals surface area (Å²) in [5.74, 6) is 0.481. The summed E-state index contributed by atoms with van der Waals surface area (Å²) in [5.41, 5.74) is 0.686. The van der Waals surface area contributed by atoms with Gasteiger partial charge in [-0.3, -0.25) is 4.98 Å². The number of aliphatic hydroxyl groups is 1. The maximum atomic E-state index is 12.6. The molecule has 9 heteroatoms. The van der Waals surface area contributed by atoms with Gasteiger partial charge in [0.2, 0.25) is 0 Å². The summed E-state index contributed by atoms with van der Waals surface area (Å²) in [5, 5.41) is 13.7. The fourth-order valence-corrected chi connectivity index (χ4v) is 2.74. The molecule has 3 rings (SSSR count). The molecule has 1 saturated carbocycles. The number of aromatic nitrogens is 1. The van der Waals surface area contributed by atoms with Crippen LogP contribution in [0.15, 0.2) is 30.6 Å². The Bertz CT molecular complexity index is 755. The van der Waals surface area contributed by atoms with E-state index >= 15 is 0 Å². The molecule has 1 atom stereocenters. The number of rotatable bonds is 8. The van der Waals surface area contributed by atoms with Gasteiger partial charge in [-0.2, -0.15) is 8.78 Å². The molecule has 0 bridgehead atoms. The minimum atomic E-state index is -2.97. The first kappa shape index (κ1) is 18.9. The quantitative estimate of drug-likeness (QED) is 0.613. The van der Waals surface area contributed by atoms with Crippen LogP contribution in [0.4, 0.5) is 14.5 Å². The predicted octanol–water partition coefficient (Wildman–Crippen LogP) is 4.88. The molecule has 0 radical (unpaired) electrons. The molecule has 1 aromatic carbocycles. The maximum Gasteiger partial charge on any atom is 0.387 e. The highest BCUT2D eigenvalue weighted by molar-refractivity contribution is 6.38. The van der Waals surface area contributed by atoms with Gasteiger partial charge in [-0.1, -0.05) is 29.3 Å². The van der Waals surface area contributed by atoms with E-state index in [1.165, 1.54) is 30.6 Å². The second-order valence-electron chi connectivity index (χ2n) is 5.86. The summed E-state index contributed by atoms with van der Waals surface area (Å²) in [4.78, 5) is 3.83. The lowest BCUT2D eigenvalue weighted by Crippen LogP contribution is -2.12. The van der Waals surface area contributed by atoms with Crippen LogP contribution in [0.1, 0.15) is 24.6 Å². The number of nitrogens with one attached hydrogen (secondary N) is 1. The summed E-state index contributed by atoms with van der Waals surface area (Å²) in [6.07, 6.45) is 3.66. The molecule has 0 amide bonds. The van der Waals surface area contributed by atoms with Crippen molar-refractivity contribution < 1.29 is 23.4 Å². The number of anilines is 1. The van der Waals surface area contributed by atoms with Gasteiger partial charge in [0.05, 0.1) is 22.3 Å². The van der Waals surface area contributed by atoms with E-state index < -0.39 is 12.8 Å². The van der Waals surface area contributed by atoms with Gasteiger partial charge >= 0.3 is 6.61 Å². The summed E-state index contributed by atoms with van der Waals surface area (Å²) in [6.45, 7) is -2.56. The molecule has 0 aliphatic heterocycles. The molecule has 2 N–H and O–H groups in total. The first-order chi connectivity index (χ1) is 12.4. The van der Waals surface area contributed by atoms with Crippen LogP contribution in [-0.4, -0.2) is 23.3 Å². The smallest absolute Gasteiger partial charge is 0.387 e. The second-order valence-corrected chi connectivity index (χ2v) is 6.68. The molecule has 5 nitrogen and oxygen atoms in total. The van der Waals surface area contributed by atoms with Gasteiger partial charge in [-0.15, -0.1) is 0 Å². The lowest BCUT2D eigenvalue weighted by atomic mass is 10.1. The second kappa shape index (κ2) is 8.24. The Morgan fingerprint density at radius 1 is 1.19 bits per heavy atom. The van der Waals surface area contributed by atoms with Gasteiger partial charge in [0, 0.05) is 18.0 Å². The van der Waals surface area contributed by atoms with Crippen molar-refractivity contribution in [3.05, 3.63) is 46.2 Å². The predicted molar refractivity (Wildman–Crippen MR) is 94.1 cm³/mol. The van der Waals surface area contributed by atoms with E-state index in [4.69, 9.17) is 27.9 Å². The fraction of sp³-hybridized carbons (Fsp3) is 0.353. The molecular weight excluding hydrogens is 389 g/mol. The van der Waals surface area contributed by atoms with Gasteiger partial charge in [0.1, 0.15) is 0 Å². The van der Waals surface area contributed by atoms with E-state index in [0.717, 1.165) is 12.8 Å². The number of aliphatic hydroxyl groups excluding tert-OH is 1. The van der Waals surface area contributed by atoms with Crippen molar-refractivity contribution in [1.29, 1.82) is 0 Å². The highest BCUT2D eigenvalue weighted by Crippen LogP contribution is 2.36. The Kier molecular flexibility index (Phi) is 6.01. The number of alkyl halides is 2. The van der Waals surface area contributed by atoms with Crippen LogP contribution in [0.2, 0.25) is 10.0 Å². The van der Waals surface area contributed by atoms with Crippen LogP contribution in [0.25, 0.3) is 0 Å². The van der Waals surface area contributed by atoms with Gasteiger partial charge < -0.3 is 19.9 Å². The number of ether oxygens (including phenoxy) is 2. The molecule has 140 valence electrons. The van der Waals surface area contributed by atoms with Crippen LogP contribution in [-0.2, 0) is 0 Å².